The fourth-order valence-electron chi connectivity index (χ4n) is 2.84. The molecule has 140 valence electrons. The van der Waals surface area contributed by atoms with Crippen molar-refractivity contribution in [1.82, 2.24) is 14.9 Å². The molecule has 0 unspecified atom stereocenters. The number of aromatic nitrogens is 2. The van der Waals surface area contributed by atoms with Crippen LogP contribution in [0.25, 0.3) is 11.1 Å². The number of nitrogens with one attached hydrogen (secondary N) is 1. The fourth-order valence-corrected chi connectivity index (χ4v) is 3.66. The van der Waals surface area contributed by atoms with E-state index >= 15 is 0 Å². The highest BCUT2D eigenvalue weighted by molar-refractivity contribution is 7.09. The molecule has 3 aromatic rings. The molecule has 0 bridgehead atoms. The normalized spacial score (nSPS) is 10.7. The third-order valence-corrected chi connectivity index (χ3v) is 5.20. The van der Waals surface area contributed by atoms with Crippen molar-refractivity contribution in [3.63, 3.8) is 0 Å². The molecule has 1 amide bonds. The number of ether oxygens (including phenoxy) is 1. The summed E-state index contributed by atoms with van der Waals surface area (Å²) in [6, 6.07) is 9.11. The number of thiazole rings is 1. The van der Waals surface area contributed by atoms with Crippen molar-refractivity contribution in [2.24, 2.45) is 0 Å². The zero-order chi connectivity index (χ0) is 19.6. The molecule has 0 aliphatic carbocycles. The number of esters is 1. The van der Waals surface area contributed by atoms with Crippen LogP contribution in [-0.4, -0.2) is 40.9 Å². The van der Waals surface area contributed by atoms with Crippen molar-refractivity contribution in [2.75, 3.05) is 14.2 Å². The van der Waals surface area contributed by atoms with E-state index in [0.717, 1.165) is 27.5 Å². The van der Waals surface area contributed by atoms with Gasteiger partial charge in [0.2, 0.25) is 0 Å². The Bertz CT molecular complexity index is 973. The molecule has 27 heavy (non-hydrogen) atoms. The van der Waals surface area contributed by atoms with Crippen LogP contribution in [-0.2, 0) is 11.3 Å². The van der Waals surface area contributed by atoms with E-state index in [1.54, 1.807) is 41.5 Å². The summed E-state index contributed by atoms with van der Waals surface area (Å²) < 4.78 is 4.74. The summed E-state index contributed by atoms with van der Waals surface area (Å²) >= 11 is 1.55. The summed E-state index contributed by atoms with van der Waals surface area (Å²) in [5.41, 5.74) is 4.67. The Morgan fingerprint density at radius 1 is 1.22 bits per heavy atom. The molecule has 1 N–H and O–H groups in total. The van der Waals surface area contributed by atoms with Crippen LogP contribution in [0, 0.1) is 13.8 Å². The molecular weight excluding hydrogens is 362 g/mol. The van der Waals surface area contributed by atoms with Crippen LogP contribution in [0.15, 0.2) is 35.7 Å². The summed E-state index contributed by atoms with van der Waals surface area (Å²) in [6.07, 6.45) is 0. The van der Waals surface area contributed by atoms with Gasteiger partial charge in [0.25, 0.3) is 5.91 Å². The number of benzene rings is 1. The Morgan fingerprint density at radius 3 is 2.52 bits per heavy atom. The van der Waals surface area contributed by atoms with Gasteiger partial charge in [0.05, 0.1) is 13.7 Å². The average molecular weight is 383 g/mol. The molecule has 2 aromatic heterocycles. The number of H-pyrrole nitrogens is 1. The Balaban J connectivity index is 1.76. The van der Waals surface area contributed by atoms with E-state index in [9.17, 15) is 9.59 Å². The van der Waals surface area contributed by atoms with E-state index in [1.807, 2.05) is 31.4 Å². The second kappa shape index (κ2) is 7.75. The molecule has 7 heteroatoms. The van der Waals surface area contributed by atoms with Gasteiger partial charge in [0.1, 0.15) is 10.7 Å². The molecule has 0 atom stereocenters. The van der Waals surface area contributed by atoms with E-state index in [1.165, 1.54) is 7.11 Å². The standard InChI is InChI=1S/C20H21N3O3S/c1-12-11-27-18(21-12)10-23(3)19(24)15-7-5-14(6-8-15)16-9-17(20(25)26-4)22-13(16)2/h5-9,11,22H,10H2,1-4H3. The summed E-state index contributed by atoms with van der Waals surface area (Å²) in [7, 11) is 3.12. The van der Waals surface area contributed by atoms with Crippen LogP contribution in [0.2, 0.25) is 0 Å². The van der Waals surface area contributed by atoms with E-state index in [4.69, 9.17) is 4.74 Å². The fraction of sp³-hybridized carbons (Fsp3) is 0.250. The Hall–Kier alpha value is -2.93. The number of methoxy groups -OCH3 is 1. The second-order valence-electron chi connectivity index (χ2n) is 6.33. The van der Waals surface area contributed by atoms with Crippen molar-refractivity contribution in [2.45, 2.75) is 20.4 Å². The van der Waals surface area contributed by atoms with Crippen LogP contribution < -0.4 is 0 Å². The Morgan fingerprint density at radius 2 is 1.93 bits per heavy atom. The van der Waals surface area contributed by atoms with Crippen molar-refractivity contribution < 1.29 is 14.3 Å². The molecule has 3 rings (SSSR count). The van der Waals surface area contributed by atoms with Crippen LogP contribution in [0.3, 0.4) is 0 Å². The lowest BCUT2D eigenvalue weighted by molar-refractivity contribution is 0.0594. The molecule has 0 saturated carbocycles. The quantitative estimate of drug-likeness (QED) is 0.680. The second-order valence-corrected chi connectivity index (χ2v) is 7.28. The predicted octanol–water partition coefficient (Wildman–Crippen LogP) is 3.81. The maximum atomic E-state index is 12.6. The van der Waals surface area contributed by atoms with Gasteiger partial charge in [-0.2, -0.15) is 0 Å². The number of carbonyl (C=O) groups is 2. The molecule has 2 heterocycles. The van der Waals surface area contributed by atoms with Crippen molar-refractivity contribution >= 4 is 23.2 Å². The average Bonchev–Trinajstić information content (AvgIpc) is 3.26. The number of rotatable bonds is 5. The monoisotopic (exact) mass is 383 g/mol. The van der Waals surface area contributed by atoms with Gasteiger partial charge in [-0.3, -0.25) is 4.79 Å². The lowest BCUT2D eigenvalue weighted by Gasteiger charge is -2.16. The van der Waals surface area contributed by atoms with E-state index in [2.05, 4.69) is 9.97 Å². The van der Waals surface area contributed by atoms with E-state index < -0.39 is 5.97 Å². The first-order valence-corrected chi connectivity index (χ1v) is 9.32. The van der Waals surface area contributed by atoms with Crippen molar-refractivity contribution in [1.29, 1.82) is 0 Å². The third kappa shape index (κ3) is 4.09. The molecule has 0 aliphatic heterocycles. The van der Waals surface area contributed by atoms with Gasteiger partial charge in [-0.05, 0) is 37.6 Å². The van der Waals surface area contributed by atoms with Gasteiger partial charge in [-0.25, -0.2) is 9.78 Å². The van der Waals surface area contributed by atoms with E-state index in [0.29, 0.717) is 17.8 Å². The highest BCUT2D eigenvalue weighted by Gasteiger charge is 2.16. The molecule has 0 radical (unpaired) electrons. The molecule has 1 aromatic carbocycles. The van der Waals surface area contributed by atoms with Crippen LogP contribution in [0.4, 0.5) is 0 Å². The van der Waals surface area contributed by atoms with Crippen molar-refractivity contribution in [3.8, 4) is 11.1 Å². The number of hydrogen-bond acceptors (Lipinski definition) is 5. The van der Waals surface area contributed by atoms with Crippen molar-refractivity contribution in [3.05, 3.63) is 63.4 Å². The first-order valence-electron chi connectivity index (χ1n) is 8.44. The minimum Gasteiger partial charge on any atom is -0.464 e. The predicted molar refractivity (Wildman–Crippen MR) is 105 cm³/mol. The number of nitrogens with zero attached hydrogens (tertiary/aromatic N) is 2. The lowest BCUT2D eigenvalue weighted by atomic mass is 10.0. The summed E-state index contributed by atoms with van der Waals surface area (Å²) in [6.45, 7) is 4.32. The van der Waals surface area contributed by atoms with Crippen LogP contribution in [0.1, 0.15) is 37.2 Å². The molecule has 6 nitrogen and oxygen atoms in total. The molecule has 0 aliphatic rings. The van der Waals surface area contributed by atoms with Gasteiger partial charge in [0.15, 0.2) is 0 Å². The Labute approximate surface area is 161 Å². The van der Waals surface area contributed by atoms with Gasteiger partial charge in [-0.15, -0.1) is 11.3 Å². The highest BCUT2D eigenvalue weighted by atomic mass is 32.1. The molecular formula is C20H21N3O3S. The lowest BCUT2D eigenvalue weighted by Crippen LogP contribution is -2.26. The molecule has 0 spiro atoms. The molecule has 0 saturated heterocycles. The van der Waals surface area contributed by atoms with Crippen LogP contribution >= 0.6 is 11.3 Å². The maximum Gasteiger partial charge on any atom is 0.354 e. The number of hydrogen-bond donors (Lipinski definition) is 1. The largest absolute Gasteiger partial charge is 0.464 e. The Kier molecular flexibility index (Phi) is 5.41. The first kappa shape index (κ1) is 18.8. The van der Waals surface area contributed by atoms with E-state index in [-0.39, 0.29) is 5.91 Å². The first-order chi connectivity index (χ1) is 12.9. The van der Waals surface area contributed by atoms with Gasteiger partial charge in [-0.1, -0.05) is 12.1 Å². The number of aryl methyl sites for hydroxylation is 2. The number of carbonyl (C=O) groups excluding carboxylic acids is 2. The zero-order valence-electron chi connectivity index (χ0n) is 15.7. The molecule has 0 fully saturated rings. The number of amides is 1. The summed E-state index contributed by atoms with van der Waals surface area (Å²) in [5, 5.41) is 2.89. The smallest absolute Gasteiger partial charge is 0.354 e. The highest BCUT2D eigenvalue weighted by Crippen LogP contribution is 2.25. The number of aromatic amines is 1. The maximum absolute atomic E-state index is 12.6. The minimum atomic E-state index is -0.407. The summed E-state index contributed by atoms with van der Waals surface area (Å²) in [5.74, 6) is -0.467. The third-order valence-electron chi connectivity index (χ3n) is 4.25. The van der Waals surface area contributed by atoms with Gasteiger partial charge >= 0.3 is 5.97 Å². The minimum absolute atomic E-state index is 0.0598. The van der Waals surface area contributed by atoms with Crippen LogP contribution in [0.5, 0.6) is 0 Å². The van der Waals surface area contributed by atoms with Gasteiger partial charge < -0.3 is 14.6 Å². The topological polar surface area (TPSA) is 75.3 Å². The van der Waals surface area contributed by atoms with Gasteiger partial charge in [0, 0.05) is 34.9 Å². The zero-order valence-corrected chi connectivity index (χ0v) is 16.5. The summed E-state index contributed by atoms with van der Waals surface area (Å²) in [4.78, 5) is 33.4. The SMILES string of the molecule is COC(=O)c1cc(-c2ccc(C(=O)N(C)Cc3nc(C)cs3)cc2)c(C)[nH]1.